The van der Waals surface area contributed by atoms with E-state index in [1.807, 2.05) is 30.3 Å². The van der Waals surface area contributed by atoms with Gasteiger partial charge in [0.05, 0.1) is 12.6 Å². The van der Waals surface area contributed by atoms with Gasteiger partial charge in [-0.2, -0.15) is 0 Å². The maximum absolute atomic E-state index is 11.0. The molecule has 0 spiro atoms. The van der Waals surface area contributed by atoms with Gasteiger partial charge in [0, 0.05) is 0 Å². The van der Waals surface area contributed by atoms with E-state index in [0.29, 0.717) is 0 Å². The Morgan fingerprint density at radius 1 is 1.36 bits per heavy atom. The van der Waals surface area contributed by atoms with Crippen LogP contribution in [0.1, 0.15) is 11.6 Å². The van der Waals surface area contributed by atoms with Crippen molar-refractivity contribution < 1.29 is 9.53 Å². The number of carbonyl (C=O) groups excluding carboxylic acids is 1. The molecule has 0 aliphatic carbocycles. The molecule has 0 saturated carbocycles. The molecule has 74 valence electrons. The standard InChI is InChI=1S/C10H12NO2P/c12-8-6-11-9(10(14)13-8)7-4-2-1-3-5-7/h1-5,9-11H,6,14H2/t9-,10+/m1/s1. The SMILES string of the molecule is O=C1CN[C@H](c2ccccc2)[C@H](P)O1. The predicted octanol–water partition coefficient (Wildman–Crippen LogP) is 1.08. The van der Waals surface area contributed by atoms with Gasteiger partial charge in [-0.3, -0.25) is 10.1 Å². The lowest BCUT2D eigenvalue weighted by Crippen LogP contribution is -2.42. The van der Waals surface area contributed by atoms with Crippen LogP contribution in [-0.2, 0) is 9.53 Å². The van der Waals surface area contributed by atoms with E-state index in [1.54, 1.807) is 0 Å². The van der Waals surface area contributed by atoms with Crippen molar-refractivity contribution >= 4 is 15.2 Å². The molecule has 1 aliphatic rings. The number of hydrogen-bond donors (Lipinski definition) is 1. The highest BCUT2D eigenvalue weighted by molar-refractivity contribution is 7.17. The van der Waals surface area contributed by atoms with Crippen LogP contribution in [-0.4, -0.2) is 18.4 Å². The summed E-state index contributed by atoms with van der Waals surface area (Å²) in [5.41, 5.74) is 1.14. The number of carbonyl (C=O) groups is 1. The molecule has 1 N–H and O–H groups in total. The molecule has 3 atom stereocenters. The average molecular weight is 209 g/mol. The molecule has 1 unspecified atom stereocenters. The van der Waals surface area contributed by atoms with E-state index in [0.717, 1.165) is 5.56 Å². The fourth-order valence-corrected chi connectivity index (χ4v) is 2.05. The van der Waals surface area contributed by atoms with Crippen LogP contribution in [0, 0.1) is 0 Å². The molecular weight excluding hydrogens is 197 g/mol. The van der Waals surface area contributed by atoms with Gasteiger partial charge < -0.3 is 4.74 Å². The van der Waals surface area contributed by atoms with Gasteiger partial charge in [0.15, 0.2) is 0 Å². The molecule has 1 fully saturated rings. The number of benzene rings is 1. The van der Waals surface area contributed by atoms with Gasteiger partial charge in [-0.05, 0) is 5.56 Å². The van der Waals surface area contributed by atoms with Crippen molar-refractivity contribution in [1.29, 1.82) is 0 Å². The smallest absolute Gasteiger partial charge is 0.320 e. The molecule has 0 aromatic heterocycles. The van der Waals surface area contributed by atoms with Crippen molar-refractivity contribution in [2.24, 2.45) is 0 Å². The summed E-state index contributed by atoms with van der Waals surface area (Å²) in [5, 5.41) is 3.14. The topological polar surface area (TPSA) is 38.3 Å². The second-order valence-corrected chi connectivity index (χ2v) is 3.88. The van der Waals surface area contributed by atoms with Crippen LogP contribution in [0.15, 0.2) is 30.3 Å². The third kappa shape index (κ3) is 1.94. The Morgan fingerprint density at radius 2 is 2.07 bits per heavy atom. The normalized spacial score (nSPS) is 27.1. The Bertz CT molecular complexity index is 328. The zero-order valence-electron chi connectivity index (χ0n) is 7.64. The van der Waals surface area contributed by atoms with Crippen molar-refractivity contribution in [3.63, 3.8) is 0 Å². The monoisotopic (exact) mass is 209 g/mol. The molecule has 2 rings (SSSR count). The molecule has 4 heteroatoms. The number of esters is 1. The second-order valence-electron chi connectivity index (χ2n) is 3.22. The summed E-state index contributed by atoms with van der Waals surface area (Å²) in [7, 11) is 2.54. The molecule has 0 amide bonds. The Morgan fingerprint density at radius 3 is 2.71 bits per heavy atom. The molecule has 14 heavy (non-hydrogen) atoms. The van der Waals surface area contributed by atoms with Crippen LogP contribution >= 0.6 is 9.24 Å². The van der Waals surface area contributed by atoms with E-state index < -0.39 is 0 Å². The van der Waals surface area contributed by atoms with Crippen molar-refractivity contribution in [3.05, 3.63) is 35.9 Å². The van der Waals surface area contributed by atoms with Crippen LogP contribution < -0.4 is 5.32 Å². The van der Waals surface area contributed by atoms with E-state index >= 15 is 0 Å². The van der Waals surface area contributed by atoms with Gasteiger partial charge in [-0.25, -0.2) is 0 Å². The molecule has 1 aromatic rings. The van der Waals surface area contributed by atoms with Crippen LogP contribution in [0.4, 0.5) is 0 Å². The molecule has 0 bridgehead atoms. The van der Waals surface area contributed by atoms with Gasteiger partial charge in [0.25, 0.3) is 0 Å². The zero-order valence-corrected chi connectivity index (χ0v) is 8.80. The fourth-order valence-electron chi connectivity index (χ4n) is 1.54. The van der Waals surface area contributed by atoms with Crippen LogP contribution in [0.5, 0.6) is 0 Å². The highest BCUT2D eigenvalue weighted by Gasteiger charge is 2.27. The first kappa shape index (κ1) is 9.63. The predicted molar refractivity (Wildman–Crippen MR) is 56.8 cm³/mol. The lowest BCUT2D eigenvalue weighted by atomic mass is 10.1. The lowest BCUT2D eigenvalue weighted by Gasteiger charge is -2.29. The van der Waals surface area contributed by atoms with E-state index in [1.165, 1.54) is 0 Å². The van der Waals surface area contributed by atoms with Crippen LogP contribution in [0.25, 0.3) is 0 Å². The van der Waals surface area contributed by atoms with E-state index in [2.05, 4.69) is 14.6 Å². The van der Waals surface area contributed by atoms with Crippen molar-refractivity contribution in [3.8, 4) is 0 Å². The van der Waals surface area contributed by atoms with Gasteiger partial charge in [0.1, 0.15) is 5.85 Å². The highest BCUT2D eigenvalue weighted by atomic mass is 31.0. The number of hydrogen-bond acceptors (Lipinski definition) is 3. The minimum Gasteiger partial charge on any atom is -0.455 e. The van der Waals surface area contributed by atoms with Crippen LogP contribution in [0.2, 0.25) is 0 Å². The molecule has 1 saturated heterocycles. The van der Waals surface area contributed by atoms with Gasteiger partial charge in [-0.1, -0.05) is 39.6 Å². The number of ether oxygens (including phenoxy) is 1. The minimum absolute atomic E-state index is 0.0823. The summed E-state index contributed by atoms with van der Waals surface area (Å²) >= 11 is 0. The summed E-state index contributed by atoms with van der Waals surface area (Å²) in [6.07, 6.45) is 0. The lowest BCUT2D eigenvalue weighted by molar-refractivity contribution is -0.149. The Kier molecular flexibility index (Phi) is 2.80. The van der Waals surface area contributed by atoms with E-state index in [9.17, 15) is 4.79 Å². The van der Waals surface area contributed by atoms with Gasteiger partial charge >= 0.3 is 5.97 Å². The minimum atomic E-state index is -0.197. The molecule has 1 heterocycles. The maximum atomic E-state index is 11.0. The quantitative estimate of drug-likeness (QED) is 0.555. The third-order valence-electron chi connectivity index (χ3n) is 2.22. The van der Waals surface area contributed by atoms with E-state index in [-0.39, 0.29) is 24.4 Å². The number of rotatable bonds is 1. The second kappa shape index (κ2) is 4.07. The fraction of sp³-hybridized carbons (Fsp3) is 0.300. The molecule has 0 radical (unpaired) electrons. The van der Waals surface area contributed by atoms with Crippen molar-refractivity contribution in [2.45, 2.75) is 11.9 Å². The third-order valence-corrected chi connectivity index (χ3v) is 2.74. The summed E-state index contributed by atoms with van der Waals surface area (Å²) in [6.45, 7) is 0.282. The summed E-state index contributed by atoms with van der Waals surface area (Å²) in [6, 6.07) is 10.0. The zero-order chi connectivity index (χ0) is 9.97. The highest BCUT2D eigenvalue weighted by Crippen LogP contribution is 2.25. The Hall–Kier alpha value is -0.920. The number of nitrogens with one attached hydrogen (secondary N) is 1. The number of morpholine rings is 1. The van der Waals surface area contributed by atoms with E-state index in [4.69, 9.17) is 4.74 Å². The Balaban J connectivity index is 2.16. The average Bonchev–Trinajstić information content (AvgIpc) is 2.19. The van der Waals surface area contributed by atoms with Crippen molar-refractivity contribution in [2.75, 3.05) is 6.54 Å². The first-order chi connectivity index (χ1) is 6.77. The Labute approximate surface area is 85.0 Å². The summed E-state index contributed by atoms with van der Waals surface area (Å²) in [4.78, 5) is 11.0. The molecule has 1 aliphatic heterocycles. The van der Waals surface area contributed by atoms with Gasteiger partial charge in [-0.15, -0.1) is 0 Å². The molecule has 1 aromatic carbocycles. The maximum Gasteiger partial charge on any atom is 0.320 e. The summed E-state index contributed by atoms with van der Waals surface area (Å²) < 4.78 is 5.11. The first-order valence-corrected chi connectivity index (χ1v) is 5.17. The molecular formula is C10H12NO2P. The van der Waals surface area contributed by atoms with Crippen molar-refractivity contribution in [1.82, 2.24) is 5.32 Å². The largest absolute Gasteiger partial charge is 0.455 e. The molecule has 3 nitrogen and oxygen atoms in total. The first-order valence-electron chi connectivity index (χ1n) is 4.51. The number of cyclic esters (lactones) is 1. The van der Waals surface area contributed by atoms with Crippen LogP contribution in [0.3, 0.4) is 0 Å². The van der Waals surface area contributed by atoms with Gasteiger partial charge in [0.2, 0.25) is 0 Å². The summed E-state index contributed by atoms with van der Waals surface area (Å²) in [5.74, 6) is -0.379.